The predicted molar refractivity (Wildman–Crippen MR) is 59.1 cm³/mol. The third-order valence-electron chi connectivity index (χ3n) is 3.40. The lowest BCUT2D eigenvalue weighted by Gasteiger charge is -2.32. The number of carbonyl (C=O) groups excluding carboxylic acids is 1. The van der Waals surface area contributed by atoms with E-state index in [4.69, 9.17) is 0 Å². The Morgan fingerprint density at radius 1 is 1.47 bits per heavy atom. The number of hydrogen-bond acceptors (Lipinski definition) is 2. The van der Waals surface area contributed by atoms with Crippen LogP contribution in [0.3, 0.4) is 0 Å². The zero-order valence-electron chi connectivity index (χ0n) is 9.75. The first-order chi connectivity index (χ1) is 7.16. The number of unbranched alkanes of at least 4 members (excludes halogenated alkanes) is 1. The second kappa shape index (κ2) is 5.16. The molecule has 0 bridgehead atoms. The van der Waals surface area contributed by atoms with Crippen LogP contribution in [-0.2, 0) is 4.79 Å². The molecule has 0 N–H and O–H groups in total. The van der Waals surface area contributed by atoms with Crippen LogP contribution in [0.15, 0.2) is 0 Å². The van der Waals surface area contributed by atoms with Crippen molar-refractivity contribution in [1.82, 2.24) is 4.90 Å². The Kier molecular flexibility index (Phi) is 4.14. The Morgan fingerprint density at radius 2 is 2.07 bits per heavy atom. The smallest absolute Gasteiger partial charge is 0.223 e. The molecule has 0 atom stereocenters. The topological polar surface area (TPSA) is 44.1 Å². The molecule has 0 aromatic heterocycles. The molecule has 0 unspecified atom stereocenters. The van der Waals surface area contributed by atoms with E-state index in [-0.39, 0.29) is 5.91 Å². The summed E-state index contributed by atoms with van der Waals surface area (Å²) in [5.74, 6) is 0.125. The van der Waals surface area contributed by atoms with Gasteiger partial charge in [-0.05, 0) is 32.1 Å². The van der Waals surface area contributed by atoms with Gasteiger partial charge in [-0.1, -0.05) is 13.3 Å². The first-order valence-electron chi connectivity index (χ1n) is 5.84. The highest BCUT2D eigenvalue weighted by Gasteiger charge is 2.39. The Hall–Kier alpha value is -1.04. The van der Waals surface area contributed by atoms with Gasteiger partial charge in [0, 0.05) is 13.5 Å². The number of rotatable bonds is 4. The summed E-state index contributed by atoms with van der Waals surface area (Å²) in [5, 5.41) is 9.22. The summed E-state index contributed by atoms with van der Waals surface area (Å²) in [5.41, 5.74) is -0.495. The fourth-order valence-corrected chi connectivity index (χ4v) is 2.22. The van der Waals surface area contributed by atoms with E-state index in [9.17, 15) is 10.1 Å². The van der Waals surface area contributed by atoms with E-state index >= 15 is 0 Å². The molecule has 1 aliphatic carbocycles. The molecule has 0 spiro atoms. The van der Waals surface area contributed by atoms with Crippen molar-refractivity contribution in [2.24, 2.45) is 0 Å². The van der Waals surface area contributed by atoms with Gasteiger partial charge in [0.05, 0.1) is 6.07 Å². The van der Waals surface area contributed by atoms with Crippen molar-refractivity contribution in [2.75, 3.05) is 7.05 Å². The molecule has 84 valence electrons. The maximum atomic E-state index is 11.8. The van der Waals surface area contributed by atoms with Gasteiger partial charge in [0.1, 0.15) is 5.54 Å². The van der Waals surface area contributed by atoms with Gasteiger partial charge in [0.15, 0.2) is 0 Å². The van der Waals surface area contributed by atoms with E-state index in [1.165, 1.54) is 0 Å². The maximum absolute atomic E-state index is 11.8. The van der Waals surface area contributed by atoms with E-state index in [1.807, 2.05) is 0 Å². The molecule has 0 aliphatic heterocycles. The molecule has 3 heteroatoms. The van der Waals surface area contributed by atoms with Crippen molar-refractivity contribution in [2.45, 2.75) is 57.4 Å². The Balaban J connectivity index is 2.61. The van der Waals surface area contributed by atoms with Crippen LogP contribution in [0, 0.1) is 11.3 Å². The first kappa shape index (κ1) is 12.0. The minimum atomic E-state index is -0.495. The quantitative estimate of drug-likeness (QED) is 0.712. The highest BCUT2D eigenvalue weighted by Crippen LogP contribution is 2.34. The van der Waals surface area contributed by atoms with Crippen LogP contribution in [0.4, 0.5) is 0 Å². The van der Waals surface area contributed by atoms with Crippen LogP contribution in [0.5, 0.6) is 0 Å². The number of hydrogen-bond donors (Lipinski definition) is 0. The normalized spacial score (nSPS) is 18.5. The Bertz CT molecular complexity index is 261. The van der Waals surface area contributed by atoms with Crippen molar-refractivity contribution >= 4 is 5.91 Å². The summed E-state index contributed by atoms with van der Waals surface area (Å²) in [6, 6.07) is 2.34. The number of carbonyl (C=O) groups is 1. The van der Waals surface area contributed by atoms with E-state index < -0.39 is 5.54 Å². The highest BCUT2D eigenvalue weighted by atomic mass is 16.2. The lowest BCUT2D eigenvalue weighted by atomic mass is 9.97. The van der Waals surface area contributed by atoms with Crippen molar-refractivity contribution in [3.8, 4) is 6.07 Å². The summed E-state index contributed by atoms with van der Waals surface area (Å²) in [6.07, 6.45) is 6.36. The lowest BCUT2D eigenvalue weighted by molar-refractivity contribution is -0.133. The molecule has 1 aliphatic rings. The summed E-state index contributed by atoms with van der Waals surface area (Å²) < 4.78 is 0. The average Bonchev–Trinajstić information content (AvgIpc) is 2.74. The molecule has 1 amide bonds. The van der Waals surface area contributed by atoms with Crippen LogP contribution in [0.2, 0.25) is 0 Å². The second-order valence-corrected chi connectivity index (χ2v) is 4.41. The minimum Gasteiger partial charge on any atom is -0.327 e. The van der Waals surface area contributed by atoms with Crippen LogP contribution in [0.25, 0.3) is 0 Å². The molecule has 3 nitrogen and oxygen atoms in total. The first-order valence-corrected chi connectivity index (χ1v) is 5.84. The Morgan fingerprint density at radius 3 is 2.53 bits per heavy atom. The highest BCUT2D eigenvalue weighted by molar-refractivity contribution is 5.77. The number of amides is 1. The van der Waals surface area contributed by atoms with Crippen molar-refractivity contribution < 1.29 is 4.79 Å². The fraction of sp³-hybridized carbons (Fsp3) is 0.833. The third-order valence-corrected chi connectivity index (χ3v) is 3.40. The van der Waals surface area contributed by atoms with Crippen molar-refractivity contribution in [1.29, 1.82) is 5.26 Å². The molecular weight excluding hydrogens is 188 g/mol. The van der Waals surface area contributed by atoms with E-state index in [0.29, 0.717) is 6.42 Å². The zero-order valence-corrected chi connectivity index (χ0v) is 9.75. The monoisotopic (exact) mass is 208 g/mol. The van der Waals surface area contributed by atoms with Gasteiger partial charge in [-0.2, -0.15) is 5.26 Å². The molecule has 0 aromatic rings. The second-order valence-electron chi connectivity index (χ2n) is 4.41. The summed E-state index contributed by atoms with van der Waals surface area (Å²) >= 11 is 0. The van der Waals surface area contributed by atoms with Gasteiger partial charge >= 0.3 is 0 Å². The van der Waals surface area contributed by atoms with E-state index in [1.54, 1.807) is 11.9 Å². The molecule has 1 fully saturated rings. The average molecular weight is 208 g/mol. The predicted octanol–water partition coefficient (Wildman–Crippen LogP) is 2.47. The summed E-state index contributed by atoms with van der Waals surface area (Å²) in [7, 11) is 1.78. The van der Waals surface area contributed by atoms with Gasteiger partial charge in [-0.25, -0.2) is 0 Å². The van der Waals surface area contributed by atoms with Crippen LogP contribution < -0.4 is 0 Å². The largest absolute Gasteiger partial charge is 0.327 e. The molecular formula is C12H20N2O. The van der Waals surface area contributed by atoms with Gasteiger partial charge in [-0.3, -0.25) is 4.79 Å². The molecule has 0 saturated heterocycles. The number of nitriles is 1. The minimum absolute atomic E-state index is 0.125. The van der Waals surface area contributed by atoms with E-state index in [0.717, 1.165) is 38.5 Å². The zero-order chi connectivity index (χ0) is 11.3. The van der Waals surface area contributed by atoms with Crippen molar-refractivity contribution in [3.05, 3.63) is 0 Å². The standard InChI is InChI=1S/C12H20N2O/c1-3-4-7-11(15)14(2)12(10-13)8-5-6-9-12/h3-9H2,1-2H3. The summed E-state index contributed by atoms with van der Waals surface area (Å²) in [6.45, 7) is 2.07. The van der Waals surface area contributed by atoms with Crippen molar-refractivity contribution in [3.63, 3.8) is 0 Å². The van der Waals surface area contributed by atoms with Gasteiger partial charge in [0.2, 0.25) is 5.91 Å². The summed E-state index contributed by atoms with van der Waals surface area (Å²) in [4.78, 5) is 13.5. The molecule has 1 rings (SSSR count). The van der Waals surface area contributed by atoms with Gasteiger partial charge < -0.3 is 4.90 Å². The van der Waals surface area contributed by atoms with Crippen LogP contribution >= 0.6 is 0 Å². The molecule has 15 heavy (non-hydrogen) atoms. The lowest BCUT2D eigenvalue weighted by Crippen LogP contribution is -2.46. The van der Waals surface area contributed by atoms with Gasteiger partial charge in [0.25, 0.3) is 0 Å². The Labute approximate surface area is 92.1 Å². The molecule has 0 heterocycles. The van der Waals surface area contributed by atoms with Crippen LogP contribution in [-0.4, -0.2) is 23.4 Å². The number of nitrogens with zero attached hydrogens (tertiary/aromatic N) is 2. The SMILES string of the molecule is CCCCC(=O)N(C)C1(C#N)CCCC1. The molecule has 1 saturated carbocycles. The fourth-order valence-electron chi connectivity index (χ4n) is 2.22. The van der Waals surface area contributed by atoms with Crippen LogP contribution in [0.1, 0.15) is 51.9 Å². The van der Waals surface area contributed by atoms with Gasteiger partial charge in [-0.15, -0.1) is 0 Å². The molecule has 0 aromatic carbocycles. The molecule has 0 radical (unpaired) electrons. The van der Waals surface area contributed by atoms with E-state index in [2.05, 4.69) is 13.0 Å². The maximum Gasteiger partial charge on any atom is 0.223 e. The third kappa shape index (κ3) is 2.50.